The number of carboxylic acid groups (broad SMARTS) is 1. The van der Waals surface area contributed by atoms with Crippen molar-refractivity contribution in [2.75, 3.05) is 5.32 Å². The molecule has 0 atom stereocenters. The molecule has 2 aromatic carbocycles. The molecule has 0 aromatic heterocycles. The molecule has 0 bridgehead atoms. The number of rotatable bonds is 3. The molecule has 4 nitrogen and oxygen atoms in total. The zero-order valence-electron chi connectivity index (χ0n) is 10.4. The van der Waals surface area contributed by atoms with Crippen LogP contribution in [0.1, 0.15) is 20.7 Å². The van der Waals surface area contributed by atoms with Crippen molar-refractivity contribution in [1.82, 2.24) is 0 Å². The lowest BCUT2D eigenvalue weighted by Gasteiger charge is -2.08. The van der Waals surface area contributed by atoms with Crippen molar-refractivity contribution in [1.29, 1.82) is 0 Å². The van der Waals surface area contributed by atoms with Gasteiger partial charge < -0.3 is 10.4 Å². The highest BCUT2D eigenvalue weighted by molar-refractivity contribution is 9.10. The van der Waals surface area contributed by atoms with Crippen LogP contribution in [0.4, 0.5) is 10.1 Å². The summed E-state index contributed by atoms with van der Waals surface area (Å²) in [6.07, 6.45) is 0. The average Bonchev–Trinajstić information content (AvgIpc) is 2.39. The van der Waals surface area contributed by atoms with Gasteiger partial charge in [0.1, 0.15) is 5.82 Å². The molecule has 1 amide bonds. The topological polar surface area (TPSA) is 66.4 Å². The minimum atomic E-state index is -1.14. The summed E-state index contributed by atoms with van der Waals surface area (Å²) in [4.78, 5) is 22.9. The molecule has 21 heavy (non-hydrogen) atoms. The lowest BCUT2D eigenvalue weighted by Crippen LogP contribution is -2.13. The Morgan fingerprint density at radius 3 is 2.48 bits per heavy atom. The largest absolute Gasteiger partial charge is 0.478 e. The Labute approximate surface area is 132 Å². The average molecular weight is 373 g/mol. The van der Waals surface area contributed by atoms with Crippen LogP contribution in [0.15, 0.2) is 40.9 Å². The highest BCUT2D eigenvalue weighted by atomic mass is 79.9. The van der Waals surface area contributed by atoms with Crippen LogP contribution in [0.3, 0.4) is 0 Å². The molecule has 0 aliphatic carbocycles. The second kappa shape index (κ2) is 6.24. The van der Waals surface area contributed by atoms with Crippen molar-refractivity contribution in [3.8, 4) is 0 Å². The van der Waals surface area contributed by atoms with Gasteiger partial charge in [-0.1, -0.05) is 27.5 Å². The molecule has 2 aromatic rings. The van der Waals surface area contributed by atoms with Crippen LogP contribution in [0, 0.1) is 5.82 Å². The number of amides is 1. The third kappa shape index (κ3) is 3.80. The molecular formula is C14H8BrClFNO3. The third-order valence-corrected chi connectivity index (χ3v) is 3.37. The first-order chi connectivity index (χ1) is 9.86. The lowest BCUT2D eigenvalue weighted by atomic mass is 10.1. The smallest absolute Gasteiger partial charge is 0.335 e. The Hall–Kier alpha value is -1.92. The van der Waals surface area contributed by atoms with Crippen molar-refractivity contribution < 1.29 is 19.1 Å². The Bertz CT molecular complexity index is 716. The van der Waals surface area contributed by atoms with E-state index in [9.17, 15) is 14.0 Å². The van der Waals surface area contributed by atoms with Crippen molar-refractivity contribution >= 4 is 45.1 Å². The van der Waals surface area contributed by atoms with E-state index in [1.165, 1.54) is 30.3 Å². The van der Waals surface area contributed by atoms with E-state index in [1.54, 1.807) is 0 Å². The summed E-state index contributed by atoms with van der Waals surface area (Å²) in [7, 11) is 0. The molecule has 0 saturated heterocycles. The van der Waals surface area contributed by atoms with Crippen molar-refractivity contribution in [3.63, 3.8) is 0 Å². The number of carboxylic acids is 1. The number of hydrogen-bond acceptors (Lipinski definition) is 2. The zero-order chi connectivity index (χ0) is 15.6. The molecule has 2 rings (SSSR count). The van der Waals surface area contributed by atoms with E-state index in [1.807, 2.05) is 0 Å². The number of nitrogens with one attached hydrogen (secondary N) is 1. The number of benzene rings is 2. The molecule has 0 aliphatic heterocycles. The molecule has 0 spiro atoms. The highest BCUT2D eigenvalue weighted by Crippen LogP contribution is 2.24. The Kier molecular flexibility index (Phi) is 4.59. The van der Waals surface area contributed by atoms with E-state index in [0.29, 0.717) is 4.47 Å². The van der Waals surface area contributed by atoms with Gasteiger partial charge in [-0.25, -0.2) is 9.18 Å². The van der Waals surface area contributed by atoms with Crippen LogP contribution >= 0.6 is 27.5 Å². The monoisotopic (exact) mass is 371 g/mol. The van der Waals surface area contributed by atoms with Crippen molar-refractivity contribution in [2.24, 2.45) is 0 Å². The van der Waals surface area contributed by atoms with Crippen LogP contribution in [-0.4, -0.2) is 17.0 Å². The molecule has 2 N–H and O–H groups in total. The van der Waals surface area contributed by atoms with E-state index in [4.69, 9.17) is 16.7 Å². The normalized spacial score (nSPS) is 10.2. The first-order valence-electron chi connectivity index (χ1n) is 5.67. The fourth-order valence-electron chi connectivity index (χ4n) is 1.63. The SMILES string of the molecule is O=C(O)c1ccc(Cl)c(NC(=O)c2cc(F)cc(Br)c2)c1. The van der Waals surface area contributed by atoms with Crippen molar-refractivity contribution in [3.05, 3.63) is 62.8 Å². The number of carbonyl (C=O) groups is 2. The zero-order valence-corrected chi connectivity index (χ0v) is 12.7. The Morgan fingerprint density at radius 2 is 1.86 bits per heavy atom. The van der Waals surface area contributed by atoms with Gasteiger partial charge in [0.25, 0.3) is 5.91 Å². The first-order valence-corrected chi connectivity index (χ1v) is 6.84. The maximum Gasteiger partial charge on any atom is 0.335 e. The van der Waals surface area contributed by atoms with Gasteiger partial charge in [-0.15, -0.1) is 0 Å². The minimum absolute atomic E-state index is 0.0184. The van der Waals surface area contributed by atoms with Crippen molar-refractivity contribution in [2.45, 2.75) is 0 Å². The molecule has 0 heterocycles. The van der Waals surface area contributed by atoms with Gasteiger partial charge in [-0.3, -0.25) is 4.79 Å². The lowest BCUT2D eigenvalue weighted by molar-refractivity contribution is 0.0696. The van der Waals surface area contributed by atoms with Gasteiger partial charge in [0.2, 0.25) is 0 Å². The fourth-order valence-corrected chi connectivity index (χ4v) is 2.26. The van der Waals surface area contributed by atoms with Gasteiger partial charge in [-0.2, -0.15) is 0 Å². The summed E-state index contributed by atoms with van der Waals surface area (Å²) >= 11 is 8.99. The molecule has 0 fully saturated rings. The van der Waals surface area contributed by atoms with Crippen LogP contribution in [-0.2, 0) is 0 Å². The summed E-state index contributed by atoms with van der Waals surface area (Å²) in [5.74, 6) is -2.31. The first kappa shape index (κ1) is 15.5. The number of halogens is 3. The molecule has 0 saturated carbocycles. The van der Waals surface area contributed by atoms with Gasteiger partial charge in [0, 0.05) is 10.0 Å². The summed E-state index contributed by atoms with van der Waals surface area (Å²) in [6.45, 7) is 0. The fraction of sp³-hybridized carbons (Fsp3) is 0. The summed E-state index contributed by atoms with van der Waals surface area (Å²) in [5, 5.41) is 11.6. The third-order valence-electron chi connectivity index (χ3n) is 2.59. The summed E-state index contributed by atoms with van der Waals surface area (Å²) < 4.78 is 13.7. The quantitative estimate of drug-likeness (QED) is 0.849. The maximum absolute atomic E-state index is 13.3. The van der Waals surface area contributed by atoms with Gasteiger partial charge >= 0.3 is 5.97 Å². The number of aromatic carboxylic acids is 1. The molecule has 7 heteroatoms. The maximum atomic E-state index is 13.3. The summed E-state index contributed by atoms with van der Waals surface area (Å²) in [6, 6.07) is 7.63. The van der Waals surface area contributed by atoms with E-state index >= 15 is 0 Å². The van der Waals surface area contributed by atoms with E-state index in [0.717, 1.165) is 6.07 Å². The molecule has 0 unspecified atom stereocenters. The Balaban J connectivity index is 2.31. The van der Waals surface area contributed by atoms with E-state index < -0.39 is 17.7 Å². The Morgan fingerprint density at radius 1 is 1.14 bits per heavy atom. The van der Waals surface area contributed by atoms with E-state index in [2.05, 4.69) is 21.2 Å². The van der Waals surface area contributed by atoms with Crippen LogP contribution in [0.5, 0.6) is 0 Å². The second-order valence-electron chi connectivity index (χ2n) is 4.11. The number of carbonyl (C=O) groups excluding carboxylic acids is 1. The van der Waals surface area contributed by atoms with Crippen LogP contribution in [0.25, 0.3) is 0 Å². The second-order valence-corrected chi connectivity index (χ2v) is 5.43. The number of hydrogen-bond donors (Lipinski definition) is 2. The molecule has 0 aliphatic rings. The molecule has 108 valence electrons. The van der Waals surface area contributed by atoms with Gasteiger partial charge in [0.15, 0.2) is 0 Å². The highest BCUT2D eigenvalue weighted by Gasteiger charge is 2.13. The molecule has 0 radical (unpaired) electrons. The van der Waals surface area contributed by atoms with E-state index in [-0.39, 0.29) is 21.8 Å². The van der Waals surface area contributed by atoms with Gasteiger partial charge in [-0.05, 0) is 36.4 Å². The van der Waals surface area contributed by atoms with Crippen LogP contribution in [0.2, 0.25) is 5.02 Å². The van der Waals surface area contributed by atoms with Gasteiger partial charge in [0.05, 0.1) is 16.3 Å². The molecular weight excluding hydrogens is 365 g/mol. The number of anilines is 1. The predicted molar refractivity (Wildman–Crippen MR) is 80.5 cm³/mol. The van der Waals surface area contributed by atoms with Crippen LogP contribution < -0.4 is 5.32 Å². The summed E-state index contributed by atoms with van der Waals surface area (Å²) in [5.41, 5.74) is 0.204. The minimum Gasteiger partial charge on any atom is -0.478 e. The standard InChI is InChI=1S/C14H8BrClFNO3/c15-9-3-8(4-10(17)6-9)13(19)18-12-5-7(14(20)21)1-2-11(12)16/h1-6H,(H,18,19)(H,20,21). The predicted octanol–water partition coefficient (Wildman–Crippen LogP) is 4.19.